The maximum atomic E-state index is 2.54. The number of benzene rings is 1. The summed E-state index contributed by atoms with van der Waals surface area (Å²) in [7, 11) is 0. The van der Waals surface area contributed by atoms with Gasteiger partial charge in [-0.1, -0.05) is 0 Å². The molecule has 0 aliphatic carbocycles. The molecule has 0 spiro atoms. The van der Waals surface area contributed by atoms with E-state index >= 15 is 0 Å². The molecule has 0 aliphatic heterocycles. The fraction of sp³-hybridized carbons (Fsp3) is 0.556. The van der Waals surface area contributed by atoms with E-state index in [0.717, 1.165) is 0 Å². The molecular formula is C18H28Se. The van der Waals surface area contributed by atoms with Crippen molar-refractivity contribution in [2.75, 3.05) is 0 Å². The number of allylic oxidation sites excluding steroid dienone is 2. The molecule has 0 saturated carbocycles. The number of hydrogen-bond donors (Lipinski definition) is 0. The Morgan fingerprint density at radius 1 is 0.947 bits per heavy atom. The van der Waals surface area contributed by atoms with E-state index in [2.05, 4.69) is 50.3 Å². The van der Waals surface area contributed by atoms with Crippen LogP contribution in [0.5, 0.6) is 0 Å². The summed E-state index contributed by atoms with van der Waals surface area (Å²) in [4.78, 5) is 0. The van der Waals surface area contributed by atoms with Crippen molar-refractivity contribution in [3.8, 4) is 0 Å². The second-order valence-electron chi connectivity index (χ2n) is 5.04. The van der Waals surface area contributed by atoms with Gasteiger partial charge in [0.25, 0.3) is 0 Å². The second kappa shape index (κ2) is 11.3. The van der Waals surface area contributed by atoms with Gasteiger partial charge >= 0.3 is 126 Å². The Bertz CT molecular complexity index is 340. The molecule has 1 aromatic carbocycles. The molecule has 19 heavy (non-hydrogen) atoms. The zero-order valence-corrected chi connectivity index (χ0v) is 14.2. The van der Waals surface area contributed by atoms with Gasteiger partial charge in [-0.2, -0.15) is 0 Å². The molecule has 1 aromatic rings. The molecule has 0 bridgehead atoms. The first-order valence-corrected chi connectivity index (χ1v) is 9.50. The van der Waals surface area contributed by atoms with Crippen LogP contribution in [-0.2, 0) is 0 Å². The van der Waals surface area contributed by atoms with Gasteiger partial charge in [-0.05, 0) is 0 Å². The number of rotatable bonds is 10. The molecule has 0 radical (unpaired) electrons. The summed E-state index contributed by atoms with van der Waals surface area (Å²) in [5, 5.41) is 0. The topological polar surface area (TPSA) is 0 Å². The van der Waals surface area contributed by atoms with Crippen molar-refractivity contribution in [2.45, 2.75) is 65.2 Å². The molecule has 0 heterocycles. The SMILES string of the molecule is CCCCCCC=C(CCCC)[Se]c1ccccc1. The zero-order chi connectivity index (χ0) is 13.8. The summed E-state index contributed by atoms with van der Waals surface area (Å²) in [5.41, 5.74) is 0. The predicted octanol–water partition coefficient (Wildman–Crippen LogP) is 5.06. The van der Waals surface area contributed by atoms with Crippen molar-refractivity contribution in [2.24, 2.45) is 0 Å². The van der Waals surface area contributed by atoms with E-state index in [0.29, 0.717) is 15.0 Å². The normalized spacial score (nSPS) is 11.8. The van der Waals surface area contributed by atoms with Crippen molar-refractivity contribution in [1.29, 1.82) is 0 Å². The van der Waals surface area contributed by atoms with Crippen LogP contribution in [0.3, 0.4) is 0 Å². The molecular weight excluding hydrogens is 295 g/mol. The predicted molar refractivity (Wildman–Crippen MR) is 88.2 cm³/mol. The Morgan fingerprint density at radius 3 is 2.37 bits per heavy atom. The monoisotopic (exact) mass is 324 g/mol. The van der Waals surface area contributed by atoms with E-state index in [1.165, 1.54) is 55.8 Å². The summed E-state index contributed by atoms with van der Waals surface area (Å²) < 4.78 is 3.22. The van der Waals surface area contributed by atoms with Gasteiger partial charge in [0.1, 0.15) is 0 Å². The van der Waals surface area contributed by atoms with Gasteiger partial charge in [0.2, 0.25) is 0 Å². The van der Waals surface area contributed by atoms with E-state index < -0.39 is 0 Å². The molecule has 106 valence electrons. The van der Waals surface area contributed by atoms with Gasteiger partial charge in [0, 0.05) is 0 Å². The zero-order valence-electron chi connectivity index (χ0n) is 12.5. The standard InChI is InChI=1S/C18H28Se/c1-3-5-7-8-10-14-17(13-6-4-2)19-18-15-11-9-12-16-18/h9,11-12,14-16H,3-8,10,13H2,1-2H3. The van der Waals surface area contributed by atoms with E-state index in [4.69, 9.17) is 0 Å². The number of hydrogen-bond acceptors (Lipinski definition) is 0. The molecule has 0 saturated heterocycles. The van der Waals surface area contributed by atoms with E-state index in [-0.39, 0.29) is 0 Å². The van der Waals surface area contributed by atoms with Gasteiger partial charge in [-0.3, -0.25) is 0 Å². The molecule has 0 unspecified atom stereocenters. The van der Waals surface area contributed by atoms with E-state index in [1.807, 2.05) is 0 Å². The molecule has 0 atom stereocenters. The average molecular weight is 323 g/mol. The summed E-state index contributed by atoms with van der Waals surface area (Å²) >= 11 is 0.543. The van der Waals surface area contributed by atoms with Crippen LogP contribution in [0.15, 0.2) is 40.9 Å². The van der Waals surface area contributed by atoms with Gasteiger partial charge in [0.15, 0.2) is 0 Å². The van der Waals surface area contributed by atoms with E-state index in [9.17, 15) is 0 Å². The number of unbranched alkanes of at least 4 members (excludes halogenated alkanes) is 5. The van der Waals surface area contributed by atoms with E-state index in [1.54, 1.807) is 4.47 Å². The fourth-order valence-corrected chi connectivity index (χ4v) is 4.21. The second-order valence-corrected chi connectivity index (χ2v) is 7.56. The van der Waals surface area contributed by atoms with Gasteiger partial charge in [-0.15, -0.1) is 0 Å². The van der Waals surface area contributed by atoms with Crippen molar-refractivity contribution in [3.63, 3.8) is 0 Å². The third-order valence-corrected chi connectivity index (χ3v) is 5.59. The Morgan fingerprint density at radius 2 is 1.68 bits per heavy atom. The van der Waals surface area contributed by atoms with Crippen molar-refractivity contribution < 1.29 is 0 Å². The molecule has 0 aromatic heterocycles. The third-order valence-electron chi connectivity index (χ3n) is 3.20. The van der Waals surface area contributed by atoms with Crippen LogP contribution >= 0.6 is 0 Å². The molecule has 0 fully saturated rings. The van der Waals surface area contributed by atoms with Gasteiger partial charge < -0.3 is 0 Å². The minimum atomic E-state index is 0.543. The van der Waals surface area contributed by atoms with Crippen LogP contribution < -0.4 is 4.46 Å². The first-order chi connectivity index (χ1) is 9.36. The molecule has 0 nitrogen and oxygen atoms in total. The Balaban J connectivity index is 2.43. The summed E-state index contributed by atoms with van der Waals surface area (Å²) in [6.07, 6.45) is 13.3. The Kier molecular flexibility index (Phi) is 9.85. The summed E-state index contributed by atoms with van der Waals surface area (Å²) in [5.74, 6) is 0. The molecule has 1 rings (SSSR count). The Hall–Kier alpha value is -0.521. The third kappa shape index (κ3) is 8.29. The first-order valence-electron chi connectivity index (χ1n) is 7.78. The van der Waals surface area contributed by atoms with Crippen LogP contribution in [0.2, 0.25) is 0 Å². The summed E-state index contributed by atoms with van der Waals surface area (Å²) in [6.45, 7) is 4.56. The van der Waals surface area contributed by atoms with Crippen LogP contribution in [-0.4, -0.2) is 15.0 Å². The Labute approximate surface area is 125 Å². The molecule has 0 aliphatic rings. The maximum absolute atomic E-state index is 2.54. The fourth-order valence-electron chi connectivity index (χ4n) is 2.02. The molecule has 0 amide bonds. The molecule has 1 heteroatoms. The van der Waals surface area contributed by atoms with Crippen LogP contribution in [0.1, 0.15) is 65.2 Å². The van der Waals surface area contributed by atoms with Crippen LogP contribution in [0.25, 0.3) is 0 Å². The first kappa shape index (κ1) is 16.5. The van der Waals surface area contributed by atoms with Crippen molar-refractivity contribution in [1.82, 2.24) is 0 Å². The quantitative estimate of drug-likeness (QED) is 0.417. The molecule has 0 N–H and O–H groups in total. The van der Waals surface area contributed by atoms with Crippen LogP contribution in [0, 0.1) is 0 Å². The van der Waals surface area contributed by atoms with Crippen molar-refractivity contribution >= 4 is 19.4 Å². The van der Waals surface area contributed by atoms with Crippen molar-refractivity contribution in [3.05, 3.63) is 40.9 Å². The van der Waals surface area contributed by atoms with Gasteiger partial charge in [0.05, 0.1) is 0 Å². The summed E-state index contributed by atoms with van der Waals surface area (Å²) in [6, 6.07) is 11.0. The van der Waals surface area contributed by atoms with Gasteiger partial charge in [-0.25, -0.2) is 0 Å². The minimum absolute atomic E-state index is 0.543. The van der Waals surface area contributed by atoms with Crippen LogP contribution in [0.4, 0.5) is 0 Å². The average Bonchev–Trinajstić information content (AvgIpc) is 2.45.